The normalized spacial score (nSPS) is 23.9. The fourth-order valence-corrected chi connectivity index (χ4v) is 3.20. The average Bonchev–Trinajstić information content (AvgIpc) is 2.87. The van der Waals surface area contributed by atoms with Gasteiger partial charge in [0.05, 0.1) is 5.56 Å². The van der Waals surface area contributed by atoms with E-state index in [1.807, 2.05) is 0 Å². The molecule has 2 atom stereocenters. The summed E-state index contributed by atoms with van der Waals surface area (Å²) in [5, 5.41) is -0.0179. The second-order valence-corrected chi connectivity index (χ2v) is 6.21. The van der Waals surface area contributed by atoms with Gasteiger partial charge < -0.3 is 9.80 Å². The zero-order valence-electron chi connectivity index (χ0n) is 13.3. The summed E-state index contributed by atoms with van der Waals surface area (Å²) < 4.78 is 38.6. The first-order valence-corrected chi connectivity index (χ1v) is 7.69. The van der Waals surface area contributed by atoms with Gasteiger partial charge in [-0.2, -0.15) is 13.2 Å². The lowest BCUT2D eigenvalue weighted by Gasteiger charge is -2.39. The van der Waals surface area contributed by atoms with Crippen molar-refractivity contribution in [2.45, 2.75) is 24.9 Å². The van der Waals surface area contributed by atoms with Gasteiger partial charge in [0.1, 0.15) is 0 Å². The number of carbonyl (C=O) groups excluding carboxylic acids is 2. The minimum Gasteiger partial charge on any atom is -0.327 e. The highest BCUT2D eigenvalue weighted by atomic mass is 35.5. The van der Waals surface area contributed by atoms with E-state index in [-0.39, 0.29) is 11.8 Å². The van der Waals surface area contributed by atoms with Gasteiger partial charge >= 0.3 is 12.2 Å². The highest BCUT2D eigenvalue weighted by molar-refractivity contribution is 6.65. The molecule has 25 heavy (non-hydrogen) atoms. The lowest BCUT2D eigenvalue weighted by Crippen LogP contribution is -2.63. The Balaban J connectivity index is 1.90. The lowest BCUT2D eigenvalue weighted by molar-refractivity contribution is -0.138. The molecule has 1 fully saturated rings. The van der Waals surface area contributed by atoms with E-state index in [2.05, 4.69) is 4.99 Å². The molecule has 0 radical (unpaired) electrons. The second kappa shape index (κ2) is 5.91. The van der Waals surface area contributed by atoms with Gasteiger partial charge in [-0.1, -0.05) is 12.1 Å². The van der Waals surface area contributed by atoms with E-state index in [0.29, 0.717) is 5.56 Å². The predicted molar refractivity (Wildman–Crippen MR) is 83.8 cm³/mol. The van der Waals surface area contributed by atoms with Crippen molar-refractivity contribution in [2.75, 3.05) is 14.1 Å². The first-order valence-electron chi connectivity index (χ1n) is 7.31. The Morgan fingerprint density at radius 3 is 2.56 bits per heavy atom. The summed E-state index contributed by atoms with van der Waals surface area (Å²) in [6.45, 7) is -0.0327. The highest BCUT2D eigenvalue weighted by Gasteiger charge is 2.50. The van der Waals surface area contributed by atoms with Crippen LogP contribution in [0.1, 0.15) is 11.1 Å². The number of hydrogen-bond acceptors (Lipinski definition) is 4. The van der Waals surface area contributed by atoms with Crippen molar-refractivity contribution in [2.24, 2.45) is 4.99 Å². The average molecular weight is 375 g/mol. The van der Waals surface area contributed by atoms with Crippen molar-refractivity contribution in [1.82, 2.24) is 14.7 Å². The van der Waals surface area contributed by atoms with Crippen LogP contribution in [-0.4, -0.2) is 58.2 Å². The lowest BCUT2D eigenvalue weighted by atomic mass is 10.1. The van der Waals surface area contributed by atoms with Crippen LogP contribution in [0, 0.1) is 0 Å². The Labute approximate surface area is 146 Å². The number of urea groups is 1. The molecule has 0 bridgehead atoms. The van der Waals surface area contributed by atoms with Crippen molar-refractivity contribution in [1.29, 1.82) is 0 Å². The Hall–Kier alpha value is -2.29. The van der Waals surface area contributed by atoms with Crippen LogP contribution in [0.25, 0.3) is 0 Å². The monoisotopic (exact) mass is 374 g/mol. The van der Waals surface area contributed by atoms with Crippen molar-refractivity contribution in [3.05, 3.63) is 35.4 Å². The third-order valence-corrected chi connectivity index (χ3v) is 4.58. The minimum absolute atomic E-state index is 0.0179. The summed E-state index contributed by atoms with van der Waals surface area (Å²) in [7, 11) is 2.83. The van der Waals surface area contributed by atoms with Crippen molar-refractivity contribution < 1.29 is 22.8 Å². The molecule has 0 aromatic heterocycles. The van der Waals surface area contributed by atoms with E-state index in [1.54, 1.807) is 0 Å². The number of likely N-dealkylation sites (N-methyl/N-ethyl adjacent to an activating group) is 2. The van der Waals surface area contributed by atoms with Crippen LogP contribution in [0.2, 0.25) is 0 Å². The molecular formula is C15H14ClF3N4O2. The molecule has 2 aliphatic heterocycles. The Kier molecular flexibility index (Phi) is 4.14. The van der Waals surface area contributed by atoms with Gasteiger partial charge in [0.15, 0.2) is 17.5 Å². The molecule has 1 saturated heterocycles. The fraction of sp³-hybridized carbons (Fsp3) is 0.400. The van der Waals surface area contributed by atoms with E-state index >= 15 is 0 Å². The van der Waals surface area contributed by atoms with Crippen molar-refractivity contribution in [3.63, 3.8) is 0 Å². The molecule has 2 unspecified atom stereocenters. The van der Waals surface area contributed by atoms with Crippen molar-refractivity contribution >= 4 is 28.8 Å². The first-order chi connectivity index (χ1) is 11.6. The van der Waals surface area contributed by atoms with Gasteiger partial charge in [-0.15, -0.1) is 0 Å². The number of halogens is 4. The number of fused-ring (bicyclic) bond motifs is 1. The highest BCUT2D eigenvalue weighted by Crippen LogP contribution is 2.32. The summed E-state index contributed by atoms with van der Waals surface area (Å²) in [6, 6.07) is 3.40. The summed E-state index contributed by atoms with van der Waals surface area (Å²) in [5.41, 5.74) is -0.452. The topological polar surface area (TPSA) is 56.2 Å². The maximum absolute atomic E-state index is 12.9. The van der Waals surface area contributed by atoms with Crippen LogP contribution in [-0.2, 0) is 17.5 Å². The van der Waals surface area contributed by atoms with Crippen LogP contribution >= 0.6 is 11.6 Å². The number of amidine groups is 1. The summed E-state index contributed by atoms with van der Waals surface area (Å²) >= 11 is 6.10. The third kappa shape index (κ3) is 2.92. The second-order valence-electron chi connectivity index (χ2n) is 5.87. The van der Waals surface area contributed by atoms with Gasteiger partial charge in [0, 0.05) is 20.6 Å². The molecule has 6 nitrogen and oxygen atoms in total. The minimum atomic E-state index is -4.46. The molecule has 2 heterocycles. The van der Waals surface area contributed by atoms with E-state index in [1.165, 1.54) is 36.0 Å². The number of hydrogen-bond donors (Lipinski definition) is 0. The Morgan fingerprint density at radius 1 is 1.24 bits per heavy atom. The van der Waals surface area contributed by atoms with Gasteiger partial charge in [0.2, 0.25) is 0 Å². The number of nitrogens with zero attached hydrogens (tertiary/aromatic N) is 4. The number of rotatable bonds is 2. The molecule has 0 N–H and O–H groups in total. The van der Waals surface area contributed by atoms with E-state index in [9.17, 15) is 22.8 Å². The molecule has 10 heteroatoms. The molecule has 0 aliphatic carbocycles. The molecule has 1 aromatic carbocycles. The zero-order valence-corrected chi connectivity index (χ0v) is 14.0. The number of amides is 3. The number of alkyl halides is 3. The molecule has 0 spiro atoms. The van der Waals surface area contributed by atoms with Crippen LogP contribution in [0.3, 0.4) is 0 Å². The van der Waals surface area contributed by atoms with Gasteiger partial charge in [-0.05, 0) is 29.3 Å². The maximum atomic E-state index is 12.9. The smallest absolute Gasteiger partial charge is 0.327 e. The maximum Gasteiger partial charge on any atom is 0.416 e. The van der Waals surface area contributed by atoms with Gasteiger partial charge in [0.25, 0.3) is 5.91 Å². The van der Waals surface area contributed by atoms with Crippen LogP contribution in [0.4, 0.5) is 18.0 Å². The van der Waals surface area contributed by atoms with E-state index in [4.69, 9.17) is 11.6 Å². The molecule has 0 saturated carbocycles. The van der Waals surface area contributed by atoms with Crippen LogP contribution in [0.5, 0.6) is 0 Å². The Bertz CT molecular complexity index is 767. The molecule has 134 valence electrons. The van der Waals surface area contributed by atoms with Crippen LogP contribution in [0.15, 0.2) is 29.3 Å². The first kappa shape index (κ1) is 17.5. The Morgan fingerprint density at radius 2 is 1.92 bits per heavy atom. The van der Waals surface area contributed by atoms with E-state index in [0.717, 1.165) is 17.0 Å². The van der Waals surface area contributed by atoms with Gasteiger partial charge in [-0.3, -0.25) is 9.69 Å². The summed E-state index contributed by atoms with van der Waals surface area (Å²) in [4.78, 5) is 32.2. The SMILES string of the molecule is CN1C(=O)C2C(N=C(Cl)N2Cc2cccc(C(F)(F)F)c2)N(C)C1=O. The molecule has 2 aliphatic rings. The number of imide groups is 1. The fourth-order valence-electron chi connectivity index (χ4n) is 2.94. The number of carbonyl (C=O) groups is 2. The van der Waals surface area contributed by atoms with Crippen LogP contribution < -0.4 is 0 Å². The van der Waals surface area contributed by atoms with Gasteiger partial charge in [-0.25, -0.2) is 9.79 Å². The number of benzene rings is 1. The van der Waals surface area contributed by atoms with Crippen molar-refractivity contribution in [3.8, 4) is 0 Å². The zero-order chi connectivity index (χ0) is 18.5. The summed E-state index contributed by atoms with van der Waals surface area (Å²) in [6.07, 6.45) is -5.26. The molecule has 1 aromatic rings. The molecular weight excluding hydrogens is 361 g/mol. The predicted octanol–water partition coefficient (Wildman–Crippen LogP) is 2.33. The van der Waals surface area contributed by atoms with E-state index < -0.39 is 35.9 Å². The molecule has 3 rings (SSSR count). The molecule has 3 amide bonds. The largest absolute Gasteiger partial charge is 0.416 e. The summed E-state index contributed by atoms with van der Waals surface area (Å²) in [5.74, 6) is -0.500. The quantitative estimate of drug-likeness (QED) is 0.747. The standard InChI is InChI=1S/C15H14ClF3N4O2/c1-21-11-10(12(24)22(2)14(21)25)23(13(16)20-11)7-8-4-3-5-9(6-8)15(17,18)19/h3-6,10-11H,7H2,1-2H3. The third-order valence-electron chi connectivity index (χ3n) is 4.27. The number of aliphatic imine (C=N–C) groups is 1.